The number of carbonyl (C=O) groups is 1. The van der Waals surface area contributed by atoms with Crippen LogP contribution in [0.3, 0.4) is 0 Å². The molecular weight excluding hydrogens is 699 g/mol. The maximum atomic E-state index is 12.3. The molecule has 2 unspecified atom stereocenters. The van der Waals surface area contributed by atoms with E-state index < -0.39 is 12.1 Å². The fourth-order valence-electron chi connectivity index (χ4n) is 6.65. The Kier molecular flexibility index (Phi) is 45.4. The van der Waals surface area contributed by atoms with E-state index in [9.17, 15) is 15.0 Å². The van der Waals surface area contributed by atoms with Gasteiger partial charge in [-0.1, -0.05) is 227 Å². The van der Waals surface area contributed by atoms with Crippen LogP contribution in [0.2, 0.25) is 0 Å². The summed E-state index contributed by atoms with van der Waals surface area (Å²) < 4.78 is 0. The van der Waals surface area contributed by atoms with Gasteiger partial charge in [0.05, 0.1) is 18.8 Å². The number of aliphatic hydroxyl groups is 2. The van der Waals surface area contributed by atoms with Gasteiger partial charge in [-0.3, -0.25) is 4.79 Å². The van der Waals surface area contributed by atoms with Crippen LogP contribution in [-0.2, 0) is 4.79 Å². The molecule has 0 aliphatic carbocycles. The molecule has 0 heterocycles. The highest BCUT2D eigenvalue weighted by molar-refractivity contribution is 5.76. The van der Waals surface area contributed by atoms with Crippen LogP contribution in [0.1, 0.15) is 213 Å². The SMILES string of the molecule is CC/C=C\C/C=C\C/C=C\C/C=C\C/C=C\C/C=C\CCCCCCCCCCCCCCCCCCCCC(=O)NC(CO)C(O)/C=C/CC/C=C/CCCC. The minimum atomic E-state index is -0.862. The first-order valence-electron chi connectivity index (χ1n) is 24.0. The van der Waals surface area contributed by atoms with Crippen molar-refractivity contribution in [1.29, 1.82) is 0 Å². The van der Waals surface area contributed by atoms with Gasteiger partial charge in [-0.25, -0.2) is 0 Å². The fourth-order valence-corrected chi connectivity index (χ4v) is 6.65. The first kappa shape index (κ1) is 54.3. The number of hydrogen-bond donors (Lipinski definition) is 3. The number of carbonyl (C=O) groups excluding carboxylic acids is 1. The Morgan fingerprint density at radius 3 is 1.23 bits per heavy atom. The molecule has 0 spiro atoms. The molecule has 3 N–H and O–H groups in total. The Bertz CT molecular complexity index is 1080. The van der Waals surface area contributed by atoms with E-state index in [4.69, 9.17) is 0 Å². The molecule has 57 heavy (non-hydrogen) atoms. The highest BCUT2D eigenvalue weighted by Gasteiger charge is 2.17. The Morgan fingerprint density at radius 2 is 0.789 bits per heavy atom. The number of nitrogens with one attached hydrogen (secondary N) is 1. The van der Waals surface area contributed by atoms with Crippen LogP contribution in [0, 0.1) is 0 Å². The summed E-state index contributed by atoms with van der Waals surface area (Å²) >= 11 is 0. The fraction of sp³-hybridized carbons (Fsp3) is 0.679. The molecule has 0 aromatic carbocycles. The van der Waals surface area contributed by atoms with Crippen LogP contribution in [-0.4, -0.2) is 34.9 Å². The zero-order chi connectivity index (χ0) is 41.4. The lowest BCUT2D eigenvalue weighted by molar-refractivity contribution is -0.123. The third kappa shape index (κ3) is 44.3. The van der Waals surface area contributed by atoms with Crippen molar-refractivity contribution in [2.45, 2.75) is 225 Å². The standard InChI is InChI=1S/C53H91NO3/c1-3-5-7-9-11-13-14-15-16-17-18-19-20-21-22-23-24-25-26-27-28-29-30-31-32-33-34-35-36-37-38-39-40-41-43-45-47-49-53(57)54-51(50-55)52(56)48-46-44-42-12-10-8-6-4-2/h5,7,10-13,15-16,18-19,21-22,24-25,46,48,51-52,55-56H,3-4,6,8-9,14,17,20,23,26-45,47,49-50H2,1-2H3,(H,54,57)/b7-5-,12-10+,13-11-,16-15-,19-18-,22-21-,25-24-,48-46+. The summed E-state index contributed by atoms with van der Waals surface area (Å²) in [7, 11) is 0. The highest BCUT2D eigenvalue weighted by atomic mass is 16.3. The second kappa shape index (κ2) is 47.7. The predicted molar refractivity (Wildman–Crippen MR) is 253 cm³/mol. The Balaban J connectivity index is 3.46. The van der Waals surface area contributed by atoms with E-state index >= 15 is 0 Å². The molecule has 0 aromatic rings. The smallest absolute Gasteiger partial charge is 0.220 e. The van der Waals surface area contributed by atoms with E-state index in [1.165, 1.54) is 122 Å². The molecule has 4 nitrogen and oxygen atoms in total. The van der Waals surface area contributed by atoms with Crippen molar-refractivity contribution in [1.82, 2.24) is 5.32 Å². The lowest BCUT2D eigenvalue weighted by Gasteiger charge is -2.19. The minimum absolute atomic E-state index is 0.0798. The second-order valence-corrected chi connectivity index (χ2v) is 15.8. The average molecular weight is 790 g/mol. The number of hydrogen-bond acceptors (Lipinski definition) is 3. The molecule has 0 saturated carbocycles. The summed E-state index contributed by atoms with van der Waals surface area (Å²) in [6, 6.07) is -0.639. The van der Waals surface area contributed by atoms with E-state index in [1.807, 2.05) is 6.08 Å². The van der Waals surface area contributed by atoms with E-state index in [0.29, 0.717) is 6.42 Å². The molecule has 0 radical (unpaired) electrons. The average Bonchev–Trinajstić information content (AvgIpc) is 3.22. The van der Waals surface area contributed by atoms with Gasteiger partial charge >= 0.3 is 0 Å². The first-order valence-corrected chi connectivity index (χ1v) is 24.0. The van der Waals surface area contributed by atoms with E-state index in [1.54, 1.807) is 6.08 Å². The number of aliphatic hydroxyl groups excluding tert-OH is 2. The largest absolute Gasteiger partial charge is 0.394 e. The van der Waals surface area contributed by atoms with Crippen LogP contribution < -0.4 is 5.32 Å². The van der Waals surface area contributed by atoms with Crippen LogP contribution in [0.4, 0.5) is 0 Å². The molecule has 0 fully saturated rings. The summed E-state index contributed by atoms with van der Waals surface area (Å²) in [4.78, 5) is 12.3. The molecule has 1 amide bonds. The lowest BCUT2D eigenvalue weighted by atomic mass is 10.0. The molecule has 0 bridgehead atoms. The summed E-state index contributed by atoms with van der Waals surface area (Å²) in [5, 5.41) is 22.8. The van der Waals surface area contributed by atoms with Crippen molar-refractivity contribution in [2.24, 2.45) is 0 Å². The zero-order valence-corrected chi connectivity index (χ0v) is 37.3. The summed E-state index contributed by atoms with van der Waals surface area (Å²) in [6.07, 6.45) is 71.3. The minimum Gasteiger partial charge on any atom is -0.394 e. The quantitative estimate of drug-likeness (QED) is 0.0426. The summed E-state index contributed by atoms with van der Waals surface area (Å²) in [6.45, 7) is 4.10. The molecule has 0 aromatic heterocycles. The third-order valence-corrected chi connectivity index (χ3v) is 10.3. The number of allylic oxidation sites excluding steroid dienone is 15. The maximum Gasteiger partial charge on any atom is 0.220 e. The van der Waals surface area contributed by atoms with Crippen molar-refractivity contribution < 1.29 is 15.0 Å². The van der Waals surface area contributed by atoms with Crippen LogP contribution in [0.25, 0.3) is 0 Å². The van der Waals surface area contributed by atoms with Crippen LogP contribution in [0.15, 0.2) is 97.2 Å². The lowest BCUT2D eigenvalue weighted by Crippen LogP contribution is -2.45. The predicted octanol–water partition coefficient (Wildman–Crippen LogP) is 15.4. The highest BCUT2D eigenvalue weighted by Crippen LogP contribution is 2.15. The Labute approximate surface area is 353 Å². The molecule has 0 aliphatic rings. The van der Waals surface area contributed by atoms with E-state index in [-0.39, 0.29) is 12.5 Å². The van der Waals surface area contributed by atoms with Crippen molar-refractivity contribution >= 4 is 5.91 Å². The second-order valence-electron chi connectivity index (χ2n) is 15.8. The number of amides is 1. The first-order chi connectivity index (χ1) is 28.2. The molecular formula is C53H91NO3. The monoisotopic (exact) mass is 790 g/mol. The molecule has 0 saturated heterocycles. The number of rotatable bonds is 42. The van der Waals surface area contributed by atoms with Gasteiger partial charge in [0.15, 0.2) is 0 Å². The van der Waals surface area contributed by atoms with Crippen molar-refractivity contribution in [3.8, 4) is 0 Å². The Morgan fingerprint density at radius 1 is 0.439 bits per heavy atom. The maximum absolute atomic E-state index is 12.3. The van der Waals surface area contributed by atoms with Crippen molar-refractivity contribution in [2.75, 3.05) is 6.61 Å². The molecule has 0 rings (SSSR count). The van der Waals surface area contributed by atoms with Crippen LogP contribution >= 0.6 is 0 Å². The van der Waals surface area contributed by atoms with Gasteiger partial charge in [0.1, 0.15) is 0 Å². The number of unbranched alkanes of at least 4 members (excludes halogenated alkanes) is 21. The van der Waals surface area contributed by atoms with Gasteiger partial charge in [-0.15, -0.1) is 0 Å². The third-order valence-electron chi connectivity index (χ3n) is 10.3. The van der Waals surface area contributed by atoms with E-state index in [0.717, 1.165) is 70.6 Å². The van der Waals surface area contributed by atoms with Gasteiger partial charge < -0.3 is 15.5 Å². The van der Waals surface area contributed by atoms with Gasteiger partial charge in [0.2, 0.25) is 5.91 Å². The van der Waals surface area contributed by atoms with Crippen molar-refractivity contribution in [3.05, 3.63) is 97.2 Å². The van der Waals surface area contributed by atoms with Gasteiger partial charge in [-0.05, 0) is 77.0 Å². The van der Waals surface area contributed by atoms with E-state index in [2.05, 4.69) is 104 Å². The van der Waals surface area contributed by atoms with Gasteiger partial charge in [0.25, 0.3) is 0 Å². The van der Waals surface area contributed by atoms with Crippen molar-refractivity contribution in [3.63, 3.8) is 0 Å². The zero-order valence-electron chi connectivity index (χ0n) is 37.3. The van der Waals surface area contributed by atoms with Gasteiger partial charge in [-0.2, -0.15) is 0 Å². The normalized spacial score (nSPS) is 13.8. The molecule has 2 atom stereocenters. The van der Waals surface area contributed by atoms with Crippen LogP contribution in [0.5, 0.6) is 0 Å². The topological polar surface area (TPSA) is 69.6 Å². The Hall–Kier alpha value is -2.69. The molecule has 326 valence electrons. The summed E-state index contributed by atoms with van der Waals surface area (Å²) in [5.74, 6) is -0.0798. The van der Waals surface area contributed by atoms with Gasteiger partial charge in [0, 0.05) is 6.42 Å². The molecule has 0 aliphatic heterocycles. The summed E-state index contributed by atoms with van der Waals surface area (Å²) in [5.41, 5.74) is 0. The molecule has 4 heteroatoms.